The standard InChI is InChI=1S/C54H53N7O3/c1-53(2,3)42-15-11-34(12-16-42)36-25-38(49-32-58-45-9-7-8-10-47(45)60-49)29-41(28-36)52(63)57-23-24-64-44-19-20-46-48(31-44)61-50(33-59-46)39-26-37(27-40(30-39)51(62)56-22-21-55)35-13-17-43(18-14-35)54(4,5)6/h7-20,25-33H,21-24,55H2,1-6H3,(H,56,62)(H,57,63). The van der Waals surface area contributed by atoms with Crippen molar-refractivity contribution in [1.82, 2.24) is 30.6 Å². The summed E-state index contributed by atoms with van der Waals surface area (Å²) in [4.78, 5) is 46.2. The van der Waals surface area contributed by atoms with Gasteiger partial charge in [0.25, 0.3) is 11.8 Å². The molecule has 4 N–H and O–H groups in total. The van der Waals surface area contributed by atoms with Crippen molar-refractivity contribution in [3.63, 3.8) is 0 Å². The van der Waals surface area contributed by atoms with Crippen molar-refractivity contribution in [3.05, 3.63) is 162 Å². The second kappa shape index (κ2) is 18.2. The van der Waals surface area contributed by atoms with E-state index in [4.69, 9.17) is 25.4 Å². The van der Waals surface area contributed by atoms with Crippen molar-refractivity contribution in [2.45, 2.75) is 52.4 Å². The lowest BCUT2D eigenvalue weighted by Gasteiger charge is -2.19. The van der Waals surface area contributed by atoms with Crippen molar-refractivity contribution in [3.8, 4) is 50.5 Å². The van der Waals surface area contributed by atoms with Crippen LogP contribution in [0.25, 0.3) is 66.8 Å². The Hall–Kier alpha value is -7.30. The Labute approximate surface area is 374 Å². The van der Waals surface area contributed by atoms with E-state index in [0.29, 0.717) is 52.4 Å². The second-order valence-corrected chi connectivity index (χ2v) is 18.1. The van der Waals surface area contributed by atoms with Crippen molar-refractivity contribution >= 4 is 33.9 Å². The molecule has 8 aromatic rings. The highest BCUT2D eigenvalue weighted by Crippen LogP contribution is 2.33. The molecule has 0 saturated heterocycles. The summed E-state index contributed by atoms with van der Waals surface area (Å²) in [6.07, 6.45) is 3.47. The predicted octanol–water partition coefficient (Wildman–Crippen LogP) is 10.3. The largest absolute Gasteiger partial charge is 0.492 e. The zero-order chi connectivity index (χ0) is 45.0. The van der Waals surface area contributed by atoms with Crippen LogP contribution in [0.2, 0.25) is 0 Å². The fraction of sp³-hybridized carbons (Fsp3) is 0.222. The highest BCUT2D eigenvalue weighted by atomic mass is 16.5. The Morgan fingerprint density at radius 3 is 1.50 bits per heavy atom. The minimum absolute atomic E-state index is 0.0117. The first-order chi connectivity index (χ1) is 30.7. The first-order valence-electron chi connectivity index (χ1n) is 21.6. The maximum Gasteiger partial charge on any atom is 0.251 e. The molecule has 0 aliphatic rings. The molecule has 10 nitrogen and oxygen atoms in total. The van der Waals surface area contributed by atoms with Crippen LogP contribution < -0.4 is 21.1 Å². The van der Waals surface area contributed by atoms with Gasteiger partial charge in [0.1, 0.15) is 12.4 Å². The molecule has 0 aliphatic heterocycles. The van der Waals surface area contributed by atoms with Gasteiger partial charge in [-0.15, -0.1) is 0 Å². The third-order valence-corrected chi connectivity index (χ3v) is 11.2. The molecule has 0 fully saturated rings. The molecule has 0 saturated carbocycles. The summed E-state index contributed by atoms with van der Waals surface area (Å²) in [6, 6.07) is 41.8. The van der Waals surface area contributed by atoms with Gasteiger partial charge in [-0.2, -0.15) is 0 Å². The van der Waals surface area contributed by atoms with Gasteiger partial charge in [0, 0.05) is 41.4 Å². The second-order valence-electron chi connectivity index (χ2n) is 18.1. The predicted molar refractivity (Wildman–Crippen MR) is 257 cm³/mol. The van der Waals surface area contributed by atoms with Crippen LogP contribution >= 0.6 is 0 Å². The van der Waals surface area contributed by atoms with Gasteiger partial charge in [0.05, 0.1) is 52.4 Å². The van der Waals surface area contributed by atoms with Crippen LogP contribution in [0.4, 0.5) is 0 Å². The molecule has 2 amide bonds. The summed E-state index contributed by atoms with van der Waals surface area (Å²) < 4.78 is 6.15. The van der Waals surface area contributed by atoms with E-state index in [1.807, 2.05) is 72.8 Å². The lowest BCUT2D eigenvalue weighted by Crippen LogP contribution is -2.29. The smallest absolute Gasteiger partial charge is 0.251 e. The molecule has 2 heterocycles. The molecule has 322 valence electrons. The molecule has 0 aliphatic carbocycles. The number of ether oxygens (including phenoxy) is 1. The fourth-order valence-corrected chi connectivity index (χ4v) is 7.51. The highest BCUT2D eigenvalue weighted by molar-refractivity contribution is 5.98. The number of hydrogen-bond donors (Lipinski definition) is 3. The number of nitrogens with one attached hydrogen (secondary N) is 2. The number of aromatic nitrogens is 4. The number of fused-ring (bicyclic) bond motifs is 2. The quantitative estimate of drug-likeness (QED) is 0.103. The van der Waals surface area contributed by atoms with E-state index in [-0.39, 0.29) is 35.8 Å². The van der Waals surface area contributed by atoms with E-state index in [1.165, 1.54) is 11.1 Å². The highest BCUT2D eigenvalue weighted by Gasteiger charge is 2.18. The number of nitrogens with zero attached hydrogens (tertiary/aromatic N) is 4. The van der Waals surface area contributed by atoms with Crippen LogP contribution in [-0.4, -0.2) is 58.0 Å². The van der Waals surface area contributed by atoms with Gasteiger partial charge in [-0.1, -0.05) is 102 Å². The van der Waals surface area contributed by atoms with E-state index < -0.39 is 0 Å². The fourth-order valence-electron chi connectivity index (χ4n) is 7.51. The summed E-state index contributed by atoms with van der Waals surface area (Å²) in [6.45, 7) is 14.3. The molecule has 8 rings (SSSR count). The van der Waals surface area contributed by atoms with Crippen molar-refractivity contribution in [2.24, 2.45) is 5.73 Å². The average Bonchev–Trinajstić information content (AvgIpc) is 3.30. The van der Waals surface area contributed by atoms with Gasteiger partial charge in [-0.25, -0.2) is 9.97 Å². The van der Waals surface area contributed by atoms with Crippen molar-refractivity contribution < 1.29 is 14.3 Å². The Morgan fingerprint density at radius 2 is 0.984 bits per heavy atom. The number of para-hydroxylation sites is 2. The maximum atomic E-state index is 13.8. The van der Waals surface area contributed by atoms with Crippen molar-refractivity contribution in [2.75, 3.05) is 26.2 Å². The van der Waals surface area contributed by atoms with Gasteiger partial charge in [0.2, 0.25) is 0 Å². The zero-order valence-corrected chi connectivity index (χ0v) is 37.2. The third-order valence-electron chi connectivity index (χ3n) is 11.2. The number of carbonyl (C=O) groups is 2. The SMILES string of the molecule is CC(C)(C)c1ccc(-c2cc(C(=O)NCCN)cc(-c3cnc4ccc(OCCNC(=O)c5cc(-c6ccc(C(C)(C)C)cc6)cc(-c6cnc7ccccc7n6)c5)cc4n3)c2)cc1. The number of rotatable bonds is 12. The number of carbonyl (C=O) groups excluding carboxylic acids is 2. The first-order valence-corrected chi connectivity index (χ1v) is 21.6. The van der Waals surface area contributed by atoms with Crippen molar-refractivity contribution in [1.29, 1.82) is 0 Å². The molecule has 0 radical (unpaired) electrons. The average molecular weight is 848 g/mol. The first kappa shape index (κ1) is 43.4. The molecular weight excluding hydrogens is 795 g/mol. The van der Waals surface area contributed by atoms with Gasteiger partial charge in [0.15, 0.2) is 0 Å². The van der Waals surface area contributed by atoms with Gasteiger partial charge < -0.3 is 21.1 Å². The number of benzene rings is 6. The third kappa shape index (κ3) is 9.98. The molecule has 6 aromatic carbocycles. The Bertz CT molecular complexity index is 2990. The summed E-state index contributed by atoms with van der Waals surface area (Å²) in [7, 11) is 0. The van der Waals surface area contributed by atoms with Gasteiger partial charge in [-0.05, 0) is 105 Å². The number of hydrogen-bond acceptors (Lipinski definition) is 8. The monoisotopic (exact) mass is 847 g/mol. The molecule has 64 heavy (non-hydrogen) atoms. The van der Waals surface area contributed by atoms with Crippen LogP contribution in [0.1, 0.15) is 73.4 Å². The topological polar surface area (TPSA) is 145 Å². The van der Waals surface area contributed by atoms with E-state index >= 15 is 0 Å². The summed E-state index contributed by atoms with van der Waals surface area (Å²) in [5.74, 6) is 0.138. The van der Waals surface area contributed by atoms with Crippen LogP contribution in [0.5, 0.6) is 5.75 Å². The Balaban J connectivity index is 1.00. The molecule has 2 aromatic heterocycles. The Morgan fingerprint density at radius 1 is 0.516 bits per heavy atom. The maximum absolute atomic E-state index is 13.8. The zero-order valence-electron chi connectivity index (χ0n) is 37.2. The lowest BCUT2D eigenvalue weighted by atomic mass is 9.86. The van der Waals surface area contributed by atoms with Gasteiger partial charge in [-0.3, -0.25) is 19.6 Å². The molecular formula is C54H53N7O3. The van der Waals surface area contributed by atoms with Crippen LogP contribution in [0.3, 0.4) is 0 Å². The normalized spacial score (nSPS) is 11.7. The summed E-state index contributed by atoms with van der Waals surface area (Å²) >= 11 is 0. The van der Waals surface area contributed by atoms with E-state index in [2.05, 4.69) is 112 Å². The van der Waals surface area contributed by atoms with E-state index in [0.717, 1.165) is 44.4 Å². The summed E-state index contributed by atoms with van der Waals surface area (Å²) in [5, 5.41) is 5.94. The van der Waals surface area contributed by atoms with Crippen LogP contribution in [-0.2, 0) is 10.8 Å². The molecule has 0 spiro atoms. The molecule has 0 atom stereocenters. The van der Waals surface area contributed by atoms with Crippen LogP contribution in [0.15, 0.2) is 140 Å². The lowest BCUT2D eigenvalue weighted by molar-refractivity contribution is 0.0942. The number of amides is 2. The van der Waals surface area contributed by atoms with Gasteiger partial charge >= 0.3 is 0 Å². The van der Waals surface area contributed by atoms with E-state index in [1.54, 1.807) is 12.4 Å². The molecule has 0 bridgehead atoms. The minimum atomic E-state index is -0.232. The van der Waals surface area contributed by atoms with Crippen LogP contribution in [0, 0.1) is 0 Å². The number of nitrogens with two attached hydrogens (primary N) is 1. The summed E-state index contributed by atoms with van der Waals surface area (Å²) in [5.41, 5.74) is 18.7. The minimum Gasteiger partial charge on any atom is -0.492 e. The Kier molecular flexibility index (Phi) is 12.3. The van der Waals surface area contributed by atoms with E-state index in [9.17, 15) is 9.59 Å². The molecule has 0 unspecified atom stereocenters. The molecule has 10 heteroatoms.